The molecule has 0 spiro atoms. The first-order valence-corrected chi connectivity index (χ1v) is 3.82. The molecule has 2 atom stereocenters. The van der Waals surface area contributed by atoms with E-state index in [0.29, 0.717) is 17.7 Å². The van der Waals surface area contributed by atoms with Crippen LogP contribution in [0.25, 0.3) is 0 Å². The van der Waals surface area contributed by atoms with Crippen molar-refractivity contribution in [1.82, 2.24) is 0 Å². The number of hydrogen-bond donors (Lipinski definition) is 2. The summed E-state index contributed by atoms with van der Waals surface area (Å²) in [5.41, 5.74) is 6.92. The summed E-state index contributed by atoms with van der Waals surface area (Å²) in [5, 5.41) is 8.99. The lowest BCUT2D eigenvalue weighted by Gasteiger charge is -1.97. The fourth-order valence-electron chi connectivity index (χ4n) is 1.32. The van der Waals surface area contributed by atoms with Crippen LogP contribution in [0.5, 0.6) is 5.75 Å². The molecule has 1 aliphatic carbocycles. The van der Waals surface area contributed by atoms with Crippen LogP contribution in [0.2, 0.25) is 0 Å². The van der Waals surface area contributed by atoms with Gasteiger partial charge in [0.15, 0.2) is 0 Å². The summed E-state index contributed by atoms with van der Waals surface area (Å²) in [4.78, 5) is 0. The maximum Gasteiger partial charge on any atom is 0.115 e. The number of benzene rings is 1. The highest BCUT2D eigenvalue weighted by Gasteiger charge is 2.34. The Morgan fingerprint density at radius 2 is 1.82 bits per heavy atom. The second-order valence-corrected chi connectivity index (χ2v) is 3.10. The molecule has 11 heavy (non-hydrogen) atoms. The van der Waals surface area contributed by atoms with Crippen molar-refractivity contribution in [2.45, 2.75) is 18.4 Å². The molecule has 3 N–H and O–H groups in total. The summed E-state index contributed by atoms with van der Waals surface area (Å²) in [6.45, 7) is 0. The fourth-order valence-corrected chi connectivity index (χ4v) is 1.32. The summed E-state index contributed by atoms with van der Waals surface area (Å²) in [5.74, 6) is 0.860. The largest absolute Gasteiger partial charge is 0.508 e. The van der Waals surface area contributed by atoms with Gasteiger partial charge in [0.25, 0.3) is 0 Å². The number of aromatic hydroxyl groups is 1. The molecule has 1 saturated carbocycles. The summed E-state index contributed by atoms with van der Waals surface area (Å²) >= 11 is 0. The minimum absolute atomic E-state index is 0.322. The molecule has 58 valence electrons. The number of nitrogens with two attached hydrogens (primary N) is 1. The van der Waals surface area contributed by atoms with Crippen molar-refractivity contribution in [2.75, 3.05) is 0 Å². The van der Waals surface area contributed by atoms with Crippen LogP contribution in [0.4, 0.5) is 0 Å². The normalized spacial score (nSPS) is 28.5. The Balaban J connectivity index is 2.21. The molecule has 0 aliphatic heterocycles. The van der Waals surface area contributed by atoms with E-state index >= 15 is 0 Å². The lowest BCUT2D eigenvalue weighted by molar-refractivity contribution is 0.475. The van der Waals surface area contributed by atoms with Crippen molar-refractivity contribution in [1.29, 1.82) is 0 Å². The molecule has 0 aromatic heterocycles. The molecule has 0 heterocycles. The molecule has 2 rings (SSSR count). The highest BCUT2D eigenvalue weighted by Crippen LogP contribution is 2.39. The van der Waals surface area contributed by atoms with Gasteiger partial charge in [-0.2, -0.15) is 0 Å². The Kier molecular flexibility index (Phi) is 1.36. The predicted molar refractivity (Wildman–Crippen MR) is 43.4 cm³/mol. The SMILES string of the molecule is N[C@H]1C[C@@H]1c1ccc(O)cc1. The van der Waals surface area contributed by atoms with Crippen LogP contribution in [0, 0.1) is 0 Å². The standard InChI is InChI=1S/C9H11NO/c10-9-5-8(9)6-1-3-7(11)4-2-6/h1-4,8-9,11H,5,10H2/t8-,9+/m1/s1. The zero-order valence-corrected chi connectivity index (χ0v) is 6.20. The zero-order valence-electron chi connectivity index (χ0n) is 6.20. The third-order valence-electron chi connectivity index (χ3n) is 2.16. The fraction of sp³-hybridized carbons (Fsp3) is 0.333. The van der Waals surface area contributed by atoms with Crippen molar-refractivity contribution in [3.05, 3.63) is 29.8 Å². The van der Waals surface area contributed by atoms with E-state index in [9.17, 15) is 0 Å². The molecule has 1 aromatic carbocycles. The second-order valence-electron chi connectivity index (χ2n) is 3.10. The first kappa shape index (κ1) is 6.68. The molecule has 0 unspecified atom stereocenters. The molecule has 1 aliphatic rings. The number of hydrogen-bond acceptors (Lipinski definition) is 2. The predicted octanol–water partition coefficient (Wildman–Crippen LogP) is 1.21. The average molecular weight is 149 g/mol. The smallest absolute Gasteiger partial charge is 0.115 e. The number of phenolic OH excluding ortho intramolecular Hbond substituents is 1. The quantitative estimate of drug-likeness (QED) is 0.630. The van der Waals surface area contributed by atoms with Crippen molar-refractivity contribution in [3.8, 4) is 5.75 Å². The van der Waals surface area contributed by atoms with Gasteiger partial charge < -0.3 is 10.8 Å². The van der Waals surface area contributed by atoms with Crippen LogP contribution >= 0.6 is 0 Å². The number of rotatable bonds is 1. The summed E-state index contributed by atoms with van der Waals surface area (Å²) < 4.78 is 0. The maximum absolute atomic E-state index is 8.99. The topological polar surface area (TPSA) is 46.2 Å². The maximum atomic E-state index is 8.99. The minimum atomic E-state index is 0.322. The van der Waals surface area contributed by atoms with E-state index in [0.717, 1.165) is 6.42 Å². The molecule has 1 fully saturated rings. The highest BCUT2D eigenvalue weighted by atomic mass is 16.3. The molecule has 1 aromatic rings. The Morgan fingerprint density at radius 3 is 2.27 bits per heavy atom. The first-order valence-electron chi connectivity index (χ1n) is 3.82. The van der Waals surface area contributed by atoms with E-state index in [4.69, 9.17) is 10.8 Å². The van der Waals surface area contributed by atoms with Gasteiger partial charge in [-0.15, -0.1) is 0 Å². The van der Waals surface area contributed by atoms with Gasteiger partial charge in [-0.25, -0.2) is 0 Å². The van der Waals surface area contributed by atoms with Gasteiger partial charge in [0.05, 0.1) is 0 Å². The lowest BCUT2D eigenvalue weighted by Crippen LogP contribution is -2.00. The van der Waals surface area contributed by atoms with E-state index < -0.39 is 0 Å². The van der Waals surface area contributed by atoms with E-state index in [2.05, 4.69) is 0 Å². The Morgan fingerprint density at radius 1 is 1.27 bits per heavy atom. The number of phenols is 1. The Hall–Kier alpha value is -1.02. The Bertz CT molecular complexity index is 255. The molecular weight excluding hydrogens is 138 g/mol. The summed E-state index contributed by atoms with van der Waals surface area (Å²) in [7, 11) is 0. The molecule has 0 amide bonds. The van der Waals surface area contributed by atoms with Gasteiger partial charge in [0, 0.05) is 12.0 Å². The van der Waals surface area contributed by atoms with Crippen molar-refractivity contribution in [3.63, 3.8) is 0 Å². The lowest BCUT2D eigenvalue weighted by atomic mass is 10.1. The summed E-state index contributed by atoms with van der Waals surface area (Å²) in [6.07, 6.45) is 1.09. The molecule has 2 heteroatoms. The van der Waals surface area contributed by atoms with Gasteiger partial charge in [0.2, 0.25) is 0 Å². The van der Waals surface area contributed by atoms with Crippen molar-refractivity contribution < 1.29 is 5.11 Å². The third kappa shape index (κ3) is 1.21. The average Bonchev–Trinajstić information content (AvgIpc) is 2.69. The molecular formula is C9H11NO. The van der Waals surface area contributed by atoms with Crippen LogP contribution in [-0.4, -0.2) is 11.1 Å². The second kappa shape index (κ2) is 2.24. The molecule has 2 nitrogen and oxygen atoms in total. The monoisotopic (exact) mass is 149 g/mol. The van der Waals surface area contributed by atoms with Gasteiger partial charge >= 0.3 is 0 Å². The van der Waals surface area contributed by atoms with E-state index in [1.54, 1.807) is 12.1 Å². The Labute approximate surface area is 65.7 Å². The van der Waals surface area contributed by atoms with Gasteiger partial charge in [-0.05, 0) is 24.1 Å². The zero-order chi connectivity index (χ0) is 7.84. The van der Waals surface area contributed by atoms with Crippen molar-refractivity contribution >= 4 is 0 Å². The van der Waals surface area contributed by atoms with E-state index in [1.807, 2.05) is 12.1 Å². The first-order chi connectivity index (χ1) is 5.27. The van der Waals surface area contributed by atoms with Crippen molar-refractivity contribution in [2.24, 2.45) is 5.73 Å². The van der Waals surface area contributed by atoms with Crippen LogP contribution in [0.3, 0.4) is 0 Å². The van der Waals surface area contributed by atoms with Crippen LogP contribution in [-0.2, 0) is 0 Å². The van der Waals surface area contributed by atoms with Gasteiger partial charge in [-0.3, -0.25) is 0 Å². The highest BCUT2D eigenvalue weighted by molar-refractivity contribution is 5.32. The van der Waals surface area contributed by atoms with E-state index in [-0.39, 0.29) is 0 Å². The molecule has 0 radical (unpaired) electrons. The molecule has 0 bridgehead atoms. The van der Waals surface area contributed by atoms with Crippen LogP contribution in [0.1, 0.15) is 17.9 Å². The van der Waals surface area contributed by atoms with Crippen LogP contribution in [0.15, 0.2) is 24.3 Å². The van der Waals surface area contributed by atoms with Gasteiger partial charge in [-0.1, -0.05) is 12.1 Å². The van der Waals surface area contributed by atoms with E-state index in [1.165, 1.54) is 5.56 Å². The third-order valence-corrected chi connectivity index (χ3v) is 2.16. The summed E-state index contributed by atoms with van der Waals surface area (Å²) in [6, 6.07) is 7.64. The van der Waals surface area contributed by atoms with Crippen LogP contribution < -0.4 is 5.73 Å². The minimum Gasteiger partial charge on any atom is -0.508 e. The van der Waals surface area contributed by atoms with Gasteiger partial charge in [0.1, 0.15) is 5.75 Å². The molecule has 0 saturated heterocycles.